The summed E-state index contributed by atoms with van der Waals surface area (Å²) < 4.78 is 40.5. The van der Waals surface area contributed by atoms with Crippen molar-refractivity contribution in [2.24, 2.45) is 22.8 Å². The van der Waals surface area contributed by atoms with Crippen LogP contribution in [-0.2, 0) is 28.7 Å². The summed E-state index contributed by atoms with van der Waals surface area (Å²) >= 11 is 0. The molecule has 0 aliphatic carbocycles. The van der Waals surface area contributed by atoms with E-state index in [1.807, 2.05) is 46.4 Å². The molecule has 284 valence electrons. The van der Waals surface area contributed by atoms with Gasteiger partial charge in [-0.05, 0) is 65.3 Å². The van der Waals surface area contributed by atoms with Gasteiger partial charge in [0.2, 0.25) is 18.1 Å². The lowest BCUT2D eigenvalue weighted by Crippen LogP contribution is -2.57. The second-order valence-electron chi connectivity index (χ2n) is 13.2. The number of hydrogen-bond donors (Lipinski definition) is 5. The van der Waals surface area contributed by atoms with Crippen molar-refractivity contribution in [3.8, 4) is 0 Å². The second-order valence-corrected chi connectivity index (χ2v) is 13.2. The van der Waals surface area contributed by atoms with Gasteiger partial charge < -0.3 is 37.1 Å². The molecule has 0 bridgehead atoms. The summed E-state index contributed by atoms with van der Waals surface area (Å²) in [6.45, 7) is 24.0. The van der Waals surface area contributed by atoms with Gasteiger partial charge in [0.1, 0.15) is 18.2 Å². The van der Waals surface area contributed by atoms with Crippen LogP contribution in [0.4, 0.5) is 18.0 Å². The van der Waals surface area contributed by atoms with E-state index >= 15 is 0 Å². The highest BCUT2D eigenvalue weighted by molar-refractivity contribution is 6.37. The molecule has 1 saturated heterocycles. The Kier molecular flexibility index (Phi) is 27.4. The molecule has 13 nitrogen and oxygen atoms in total. The van der Waals surface area contributed by atoms with Gasteiger partial charge in [-0.25, -0.2) is 4.79 Å². The smallest absolute Gasteiger partial charge is 0.389 e. The molecule has 1 aliphatic rings. The summed E-state index contributed by atoms with van der Waals surface area (Å²) in [5, 5.41) is 7.00. The summed E-state index contributed by atoms with van der Waals surface area (Å²) in [7, 11) is 1.50. The first-order valence-electron chi connectivity index (χ1n) is 16.1. The van der Waals surface area contributed by atoms with E-state index in [2.05, 4.69) is 42.9 Å². The quantitative estimate of drug-likeness (QED) is 0.129. The van der Waals surface area contributed by atoms with E-state index in [4.69, 9.17) is 4.74 Å². The number of carbonyl (C=O) groups is 6. The number of likely N-dealkylation sites (tertiary alicyclic amines) is 1. The van der Waals surface area contributed by atoms with Crippen molar-refractivity contribution in [1.82, 2.24) is 20.9 Å². The van der Waals surface area contributed by atoms with E-state index < -0.39 is 65.8 Å². The van der Waals surface area contributed by atoms with Crippen molar-refractivity contribution in [2.75, 3.05) is 20.1 Å². The molecule has 1 rings (SSSR count). The number of amides is 5. The van der Waals surface area contributed by atoms with Crippen molar-refractivity contribution in [1.29, 1.82) is 0 Å². The monoisotopic (exact) mass is 700 g/mol. The molecule has 1 aliphatic heterocycles. The number of esters is 1. The maximum absolute atomic E-state index is 12.9. The molecule has 48 heavy (non-hydrogen) atoms. The van der Waals surface area contributed by atoms with E-state index in [1.165, 1.54) is 7.05 Å². The molecule has 0 aromatic rings. The van der Waals surface area contributed by atoms with Crippen molar-refractivity contribution in [2.45, 2.75) is 139 Å². The van der Waals surface area contributed by atoms with E-state index in [1.54, 1.807) is 26.1 Å². The Balaban J connectivity index is -0.000000357. The van der Waals surface area contributed by atoms with Gasteiger partial charge in [-0.3, -0.25) is 24.0 Å². The molecule has 5 amide bonds. The molecule has 0 saturated carbocycles. The summed E-state index contributed by atoms with van der Waals surface area (Å²) in [6, 6.07) is -2.54. The number of nitrogens with two attached hydrogens (primary N) is 2. The van der Waals surface area contributed by atoms with Crippen LogP contribution in [0.1, 0.15) is 109 Å². The number of nitrogens with one attached hydrogen (secondary N) is 3. The van der Waals surface area contributed by atoms with E-state index in [0.717, 1.165) is 18.8 Å². The predicted octanol–water partition coefficient (Wildman–Crippen LogP) is 3.81. The van der Waals surface area contributed by atoms with Gasteiger partial charge in [-0.1, -0.05) is 55.4 Å². The van der Waals surface area contributed by atoms with Crippen LogP contribution in [0.25, 0.3) is 0 Å². The van der Waals surface area contributed by atoms with Crippen molar-refractivity contribution < 1.29 is 46.7 Å². The number of alkyl halides is 3. The molecule has 1 fully saturated rings. The fourth-order valence-corrected chi connectivity index (χ4v) is 3.64. The normalized spacial score (nSPS) is 15.1. The third kappa shape index (κ3) is 27.7. The molecule has 0 aromatic heterocycles. The number of rotatable bonds is 10. The average Bonchev–Trinajstić information content (AvgIpc) is 3.38. The summed E-state index contributed by atoms with van der Waals surface area (Å²) in [5.74, 6) is -2.39. The minimum atomic E-state index is -4.46. The number of ether oxygens (including phenoxy) is 1. The Morgan fingerprint density at radius 3 is 1.79 bits per heavy atom. The Morgan fingerprint density at radius 1 is 0.979 bits per heavy atom. The van der Waals surface area contributed by atoms with Crippen LogP contribution in [0.3, 0.4) is 0 Å². The van der Waals surface area contributed by atoms with Crippen LogP contribution in [0.15, 0.2) is 0 Å². The lowest BCUT2D eigenvalue weighted by atomic mass is 9.85. The van der Waals surface area contributed by atoms with Gasteiger partial charge in [0, 0.05) is 19.0 Å². The first-order chi connectivity index (χ1) is 21.8. The van der Waals surface area contributed by atoms with Crippen LogP contribution in [-0.4, -0.2) is 90.9 Å². The largest absolute Gasteiger partial charge is 0.459 e. The molecular weight excluding hydrogens is 637 g/mol. The first kappa shape index (κ1) is 51.4. The van der Waals surface area contributed by atoms with Gasteiger partial charge in [0.05, 0.1) is 6.04 Å². The van der Waals surface area contributed by atoms with Gasteiger partial charge in [-0.15, -0.1) is 0 Å². The summed E-state index contributed by atoms with van der Waals surface area (Å²) in [4.78, 5) is 69.8. The molecule has 3 atom stereocenters. The number of halogens is 3. The van der Waals surface area contributed by atoms with Crippen molar-refractivity contribution >= 4 is 36.0 Å². The highest BCUT2D eigenvalue weighted by atomic mass is 19.4. The number of urea groups is 1. The molecule has 16 heteroatoms. The third-order valence-electron chi connectivity index (χ3n) is 5.58. The number of hydrogen-bond acceptors (Lipinski definition) is 8. The first-order valence-corrected chi connectivity index (χ1v) is 16.1. The van der Waals surface area contributed by atoms with Crippen LogP contribution >= 0.6 is 0 Å². The zero-order valence-corrected chi connectivity index (χ0v) is 31.2. The summed E-state index contributed by atoms with van der Waals surface area (Å²) in [6.07, 6.45) is -4.44. The summed E-state index contributed by atoms with van der Waals surface area (Å²) in [5.41, 5.74) is 8.03. The number of nitrogens with zero attached hydrogens (tertiary/aromatic N) is 1. The zero-order chi connectivity index (χ0) is 39.1. The lowest BCUT2D eigenvalue weighted by molar-refractivity contribution is -0.153. The number of primary amides is 1. The van der Waals surface area contributed by atoms with E-state index in [9.17, 15) is 41.9 Å². The number of carbonyl (C=O) groups excluding carboxylic acids is 6. The fraction of sp³-hybridized carbons (Fsp3) is 0.812. The lowest BCUT2D eigenvalue weighted by Gasteiger charge is -2.35. The molecule has 0 aromatic carbocycles. The van der Waals surface area contributed by atoms with Gasteiger partial charge in [0.15, 0.2) is 0 Å². The zero-order valence-electron chi connectivity index (χ0n) is 31.2. The Labute approximate surface area is 285 Å². The Hall–Kier alpha value is -3.43. The highest BCUT2D eigenvalue weighted by Gasteiger charge is 2.38. The van der Waals surface area contributed by atoms with Gasteiger partial charge in [0.25, 0.3) is 5.91 Å². The van der Waals surface area contributed by atoms with E-state index in [-0.39, 0.29) is 24.9 Å². The minimum absolute atomic E-state index is 0.0435. The predicted molar refractivity (Wildman–Crippen MR) is 180 cm³/mol. The van der Waals surface area contributed by atoms with Crippen molar-refractivity contribution in [3.63, 3.8) is 0 Å². The van der Waals surface area contributed by atoms with Crippen LogP contribution in [0, 0.1) is 11.3 Å². The molecule has 7 N–H and O–H groups in total. The fourth-order valence-electron chi connectivity index (χ4n) is 3.64. The number of ketones is 1. The van der Waals surface area contributed by atoms with Crippen LogP contribution in [0.2, 0.25) is 0 Å². The highest BCUT2D eigenvalue weighted by Crippen LogP contribution is 2.25. The van der Waals surface area contributed by atoms with Gasteiger partial charge in [-0.2, -0.15) is 13.2 Å². The maximum Gasteiger partial charge on any atom is 0.389 e. The maximum atomic E-state index is 12.9. The molecule has 0 spiro atoms. The second kappa shape index (κ2) is 25.6. The minimum Gasteiger partial charge on any atom is -0.459 e. The van der Waals surface area contributed by atoms with E-state index in [0.29, 0.717) is 6.54 Å². The SMILES string of the molecule is CC.CC(C)C.CC1CCCN1C(=O)C(NC(=O)NCC(=O)OC(C)(C)C)C(C)(C)C.CN.NC(=O)C(=O)C(CCC(F)(F)F)NC=O. The average molecular weight is 701 g/mol. The Morgan fingerprint density at radius 2 is 1.46 bits per heavy atom. The third-order valence-corrected chi connectivity index (χ3v) is 5.58. The number of Topliss-reactive ketones (excluding diaryl/α,β-unsaturated/α-hetero) is 1. The molecule has 3 unspecified atom stereocenters. The van der Waals surface area contributed by atoms with Crippen LogP contribution < -0.4 is 27.4 Å². The standard InChI is InChI=1S/C18H33N3O4.C7H9F3N2O3.C4H10.C2H6.CH5N/c1-12-9-8-10-21(12)15(23)14(17(2,3)4)20-16(24)19-11-13(22)25-18(5,6)7;8-7(9,10)2-1-4(12-3-13)5(14)6(11)15;1-4(2)3;2*1-2/h12,14H,8-11H2,1-7H3,(H2,19,20,24);3-4H,1-2H2,(H2,11,15)(H,12,13);4H,1-3H3;1-2H3;2H2,1H3. The Bertz CT molecular complexity index is 963. The van der Waals surface area contributed by atoms with Crippen molar-refractivity contribution in [3.05, 3.63) is 0 Å². The topological polar surface area (TPSA) is 203 Å². The van der Waals surface area contributed by atoms with Gasteiger partial charge >= 0.3 is 18.2 Å². The molecule has 0 radical (unpaired) electrons. The van der Waals surface area contributed by atoms with Crippen LogP contribution in [0.5, 0.6) is 0 Å². The molecule has 1 heterocycles. The molecular formula is C32H63F3N6O7.